The average Bonchev–Trinajstić information content (AvgIpc) is 2.64. The van der Waals surface area contributed by atoms with Crippen LogP contribution >= 0.6 is 11.8 Å². The van der Waals surface area contributed by atoms with E-state index in [-0.39, 0.29) is 12.2 Å². The zero-order chi connectivity index (χ0) is 10.7. The fourth-order valence-electron chi connectivity index (χ4n) is 1.28. The Morgan fingerprint density at radius 3 is 2.80 bits per heavy atom. The van der Waals surface area contributed by atoms with E-state index < -0.39 is 0 Å². The molecule has 3 N–H and O–H groups in total. The first kappa shape index (κ1) is 10.2. The lowest BCUT2D eigenvalue weighted by Crippen LogP contribution is -2.16. The molecule has 1 aliphatic rings. The minimum Gasteiger partial charge on any atom is -0.443 e. The van der Waals surface area contributed by atoms with Gasteiger partial charge in [0.05, 0.1) is 6.54 Å². The van der Waals surface area contributed by atoms with E-state index in [1.807, 2.05) is 24.3 Å². The minimum absolute atomic E-state index is 0.0277. The number of benzene rings is 1. The lowest BCUT2D eigenvalue weighted by Gasteiger charge is -2.06. The average molecular weight is 224 g/mol. The Morgan fingerprint density at radius 1 is 1.47 bits per heavy atom. The number of hydrogen-bond donors (Lipinski definition) is 2. The van der Waals surface area contributed by atoms with Crippen molar-refractivity contribution in [1.29, 1.82) is 0 Å². The Labute approximate surface area is 92.2 Å². The summed E-state index contributed by atoms with van der Waals surface area (Å²) < 4.78 is 5.01. The van der Waals surface area contributed by atoms with Crippen molar-refractivity contribution in [1.82, 2.24) is 5.32 Å². The number of cyclic esters (lactones) is 1. The summed E-state index contributed by atoms with van der Waals surface area (Å²) in [6.07, 6.45) is -0.349. The third-order valence-corrected chi connectivity index (χ3v) is 3.21. The standard InChI is InChI=1S/C10H12N2O2S/c11-7-1-3-9(4-2-7)15-6-8-5-12-10(13)14-8/h1-4,8H,5-6,11H2,(H,12,13). The molecule has 1 aromatic carbocycles. The fraction of sp³-hybridized carbons (Fsp3) is 0.300. The molecule has 1 fully saturated rings. The summed E-state index contributed by atoms with van der Waals surface area (Å²) in [7, 11) is 0. The molecule has 0 bridgehead atoms. The molecular formula is C10H12N2O2S. The number of carbonyl (C=O) groups excluding carboxylic acids is 1. The number of nitrogen functional groups attached to an aromatic ring is 1. The molecule has 0 aromatic heterocycles. The zero-order valence-electron chi connectivity index (χ0n) is 8.10. The second-order valence-electron chi connectivity index (χ2n) is 3.29. The molecule has 1 unspecified atom stereocenters. The van der Waals surface area contributed by atoms with E-state index >= 15 is 0 Å². The first-order valence-electron chi connectivity index (χ1n) is 4.67. The van der Waals surface area contributed by atoms with Crippen LogP contribution in [0.15, 0.2) is 29.2 Å². The number of ether oxygens (including phenoxy) is 1. The van der Waals surface area contributed by atoms with Crippen LogP contribution in [0.3, 0.4) is 0 Å². The van der Waals surface area contributed by atoms with E-state index in [1.165, 1.54) is 0 Å². The number of nitrogens with two attached hydrogens (primary N) is 1. The lowest BCUT2D eigenvalue weighted by molar-refractivity contribution is 0.150. The minimum atomic E-state index is -0.321. The predicted octanol–water partition coefficient (Wildman–Crippen LogP) is 1.47. The van der Waals surface area contributed by atoms with Gasteiger partial charge in [-0.25, -0.2) is 4.79 Å². The maximum absolute atomic E-state index is 10.8. The van der Waals surface area contributed by atoms with Crippen LogP contribution in [0.4, 0.5) is 10.5 Å². The van der Waals surface area contributed by atoms with Crippen LogP contribution in [0.25, 0.3) is 0 Å². The van der Waals surface area contributed by atoms with Crippen LogP contribution in [0, 0.1) is 0 Å². The maximum atomic E-state index is 10.8. The highest BCUT2D eigenvalue weighted by molar-refractivity contribution is 7.99. The largest absolute Gasteiger partial charge is 0.443 e. The van der Waals surface area contributed by atoms with E-state index in [4.69, 9.17) is 10.5 Å². The molecule has 0 spiro atoms. The van der Waals surface area contributed by atoms with Crippen LogP contribution in [0.1, 0.15) is 0 Å². The van der Waals surface area contributed by atoms with Crippen molar-refractivity contribution in [3.05, 3.63) is 24.3 Å². The van der Waals surface area contributed by atoms with Crippen molar-refractivity contribution in [2.75, 3.05) is 18.0 Å². The van der Waals surface area contributed by atoms with Gasteiger partial charge in [-0.05, 0) is 24.3 Å². The molecule has 4 nitrogen and oxygen atoms in total. The van der Waals surface area contributed by atoms with Crippen molar-refractivity contribution in [2.45, 2.75) is 11.0 Å². The number of alkyl carbamates (subject to hydrolysis) is 1. The number of hydrogen-bond acceptors (Lipinski definition) is 4. The molecular weight excluding hydrogens is 212 g/mol. The first-order chi connectivity index (χ1) is 7.24. The molecule has 1 heterocycles. The molecule has 15 heavy (non-hydrogen) atoms. The molecule has 80 valence electrons. The highest BCUT2D eigenvalue weighted by Gasteiger charge is 2.22. The third-order valence-electron chi connectivity index (χ3n) is 2.06. The van der Waals surface area contributed by atoms with Gasteiger partial charge >= 0.3 is 6.09 Å². The molecule has 1 atom stereocenters. The molecule has 1 amide bonds. The number of carbonyl (C=O) groups is 1. The quantitative estimate of drug-likeness (QED) is 0.603. The second-order valence-corrected chi connectivity index (χ2v) is 4.38. The van der Waals surface area contributed by atoms with Gasteiger partial charge in [0.25, 0.3) is 0 Å². The fourth-order valence-corrected chi connectivity index (χ4v) is 2.17. The Bertz CT molecular complexity index is 353. The topological polar surface area (TPSA) is 64.3 Å². The molecule has 2 rings (SSSR count). The van der Waals surface area contributed by atoms with Gasteiger partial charge in [0.2, 0.25) is 0 Å². The molecule has 1 aromatic rings. The Morgan fingerprint density at radius 2 is 2.20 bits per heavy atom. The normalized spacial score (nSPS) is 19.7. The van der Waals surface area contributed by atoms with Crippen molar-refractivity contribution >= 4 is 23.5 Å². The van der Waals surface area contributed by atoms with Gasteiger partial charge in [-0.15, -0.1) is 11.8 Å². The van der Waals surface area contributed by atoms with E-state index in [2.05, 4.69) is 5.32 Å². The van der Waals surface area contributed by atoms with Crippen LogP contribution in [-0.4, -0.2) is 24.5 Å². The van der Waals surface area contributed by atoms with Crippen LogP contribution in [0.2, 0.25) is 0 Å². The van der Waals surface area contributed by atoms with Gasteiger partial charge in [-0.1, -0.05) is 0 Å². The Balaban J connectivity index is 1.83. The Kier molecular flexibility index (Phi) is 3.01. The summed E-state index contributed by atoms with van der Waals surface area (Å²) >= 11 is 1.66. The third kappa shape index (κ3) is 2.79. The summed E-state index contributed by atoms with van der Waals surface area (Å²) in [4.78, 5) is 11.9. The van der Waals surface area contributed by atoms with Gasteiger partial charge in [-0.2, -0.15) is 0 Å². The number of anilines is 1. The molecule has 1 aliphatic heterocycles. The summed E-state index contributed by atoms with van der Waals surface area (Å²) in [6.45, 7) is 0.598. The highest BCUT2D eigenvalue weighted by Crippen LogP contribution is 2.21. The van der Waals surface area contributed by atoms with Crippen molar-refractivity contribution in [2.24, 2.45) is 0 Å². The monoisotopic (exact) mass is 224 g/mol. The van der Waals surface area contributed by atoms with Crippen LogP contribution < -0.4 is 11.1 Å². The summed E-state index contributed by atoms with van der Waals surface area (Å²) in [5.74, 6) is 0.767. The lowest BCUT2D eigenvalue weighted by atomic mass is 10.3. The van der Waals surface area contributed by atoms with Crippen molar-refractivity contribution in [3.63, 3.8) is 0 Å². The van der Waals surface area contributed by atoms with Gasteiger partial charge in [-0.3, -0.25) is 0 Å². The van der Waals surface area contributed by atoms with Gasteiger partial charge in [0, 0.05) is 16.3 Å². The van der Waals surface area contributed by atoms with Gasteiger partial charge < -0.3 is 15.8 Å². The van der Waals surface area contributed by atoms with Crippen LogP contribution in [-0.2, 0) is 4.74 Å². The smallest absolute Gasteiger partial charge is 0.407 e. The highest BCUT2D eigenvalue weighted by atomic mass is 32.2. The van der Waals surface area contributed by atoms with E-state index in [0.29, 0.717) is 6.54 Å². The van der Waals surface area contributed by atoms with Gasteiger partial charge in [0.1, 0.15) is 6.10 Å². The summed E-state index contributed by atoms with van der Waals surface area (Å²) in [5, 5.41) is 2.62. The number of amides is 1. The van der Waals surface area contributed by atoms with E-state index in [0.717, 1.165) is 16.3 Å². The van der Waals surface area contributed by atoms with Crippen molar-refractivity contribution < 1.29 is 9.53 Å². The SMILES string of the molecule is Nc1ccc(SCC2CNC(=O)O2)cc1. The maximum Gasteiger partial charge on any atom is 0.407 e. The van der Waals surface area contributed by atoms with E-state index in [1.54, 1.807) is 11.8 Å². The summed E-state index contributed by atoms with van der Waals surface area (Å²) in [6, 6.07) is 7.65. The zero-order valence-corrected chi connectivity index (χ0v) is 8.92. The number of rotatable bonds is 3. The number of thioether (sulfide) groups is 1. The van der Waals surface area contributed by atoms with Crippen molar-refractivity contribution in [3.8, 4) is 0 Å². The predicted molar refractivity (Wildman–Crippen MR) is 59.9 cm³/mol. The Hall–Kier alpha value is -1.36. The van der Waals surface area contributed by atoms with E-state index in [9.17, 15) is 4.79 Å². The molecule has 0 saturated carbocycles. The van der Waals surface area contributed by atoms with Gasteiger partial charge in [0.15, 0.2) is 0 Å². The molecule has 1 saturated heterocycles. The summed E-state index contributed by atoms with van der Waals surface area (Å²) in [5.41, 5.74) is 6.33. The second kappa shape index (κ2) is 4.44. The molecule has 0 radical (unpaired) electrons. The number of nitrogens with one attached hydrogen (secondary N) is 1. The first-order valence-corrected chi connectivity index (χ1v) is 5.65. The molecule has 0 aliphatic carbocycles. The molecule has 5 heteroatoms. The van der Waals surface area contributed by atoms with Crippen LogP contribution in [0.5, 0.6) is 0 Å².